The molecule has 0 radical (unpaired) electrons. The Balaban J connectivity index is 2.08. The van der Waals surface area contributed by atoms with Gasteiger partial charge in [0, 0.05) is 12.6 Å². The summed E-state index contributed by atoms with van der Waals surface area (Å²) >= 11 is 0. The smallest absolute Gasteiger partial charge is 0.314 e. The second-order valence-electron chi connectivity index (χ2n) is 4.79. The quantitative estimate of drug-likeness (QED) is 0.731. The molecule has 0 aliphatic heterocycles. The van der Waals surface area contributed by atoms with Crippen molar-refractivity contribution in [3.05, 3.63) is 35.6 Å². The number of unbranched alkanes of at least 4 members (excludes halogenated alkanes) is 1. The molecule has 0 spiro atoms. The van der Waals surface area contributed by atoms with E-state index >= 15 is 0 Å². The van der Waals surface area contributed by atoms with Crippen LogP contribution in [0.1, 0.15) is 38.7 Å². The Morgan fingerprint density at radius 2 is 1.95 bits per heavy atom. The van der Waals surface area contributed by atoms with Gasteiger partial charge < -0.3 is 10.6 Å². The molecule has 0 aliphatic carbocycles. The minimum absolute atomic E-state index is 0.101. The summed E-state index contributed by atoms with van der Waals surface area (Å²) in [5.74, 6) is -0.202. The van der Waals surface area contributed by atoms with Crippen LogP contribution in [0.2, 0.25) is 0 Å². The van der Waals surface area contributed by atoms with Gasteiger partial charge in [0.15, 0.2) is 0 Å². The number of halogens is 1. The maximum atomic E-state index is 12.7. The van der Waals surface area contributed by atoms with E-state index in [2.05, 4.69) is 10.6 Å². The minimum atomic E-state index is -0.202. The first-order valence-electron chi connectivity index (χ1n) is 6.90. The van der Waals surface area contributed by atoms with E-state index in [9.17, 15) is 9.18 Å². The first-order valence-corrected chi connectivity index (χ1v) is 6.90. The zero-order valence-electron chi connectivity index (χ0n) is 11.7. The van der Waals surface area contributed by atoms with Gasteiger partial charge >= 0.3 is 6.03 Å². The van der Waals surface area contributed by atoms with E-state index in [1.165, 1.54) is 12.1 Å². The highest BCUT2D eigenvalue weighted by Gasteiger charge is 2.03. The summed E-state index contributed by atoms with van der Waals surface area (Å²) in [5, 5.41) is 5.69. The fraction of sp³-hybridized carbons (Fsp3) is 0.533. The Labute approximate surface area is 114 Å². The first kappa shape index (κ1) is 15.5. The van der Waals surface area contributed by atoms with Crippen LogP contribution in [0, 0.1) is 5.82 Å². The molecule has 0 saturated heterocycles. The van der Waals surface area contributed by atoms with Crippen molar-refractivity contribution in [3.63, 3.8) is 0 Å². The molecule has 1 rings (SSSR count). The second kappa shape index (κ2) is 8.51. The molecule has 1 unspecified atom stereocenters. The van der Waals surface area contributed by atoms with Crippen molar-refractivity contribution in [1.82, 2.24) is 10.6 Å². The molecule has 0 bridgehead atoms. The lowest BCUT2D eigenvalue weighted by molar-refractivity contribution is 0.237. The van der Waals surface area contributed by atoms with Crippen LogP contribution >= 0.6 is 0 Å². The average Bonchev–Trinajstić information content (AvgIpc) is 2.40. The van der Waals surface area contributed by atoms with E-state index in [1.807, 2.05) is 13.8 Å². The molecule has 1 aromatic rings. The number of nitrogens with one attached hydrogen (secondary N) is 2. The molecule has 0 aromatic heterocycles. The van der Waals surface area contributed by atoms with Gasteiger partial charge in [0.05, 0.1) is 0 Å². The van der Waals surface area contributed by atoms with Crippen molar-refractivity contribution < 1.29 is 9.18 Å². The predicted molar refractivity (Wildman–Crippen MR) is 75.6 cm³/mol. The molecule has 19 heavy (non-hydrogen) atoms. The van der Waals surface area contributed by atoms with Crippen LogP contribution in [0.3, 0.4) is 0 Å². The zero-order chi connectivity index (χ0) is 14.1. The van der Waals surface area contributed by atoms with Gasteiger partial charge in [-0.3, -0.25) is 0 Å². The molecule has 1 aromatic carbocycles. The van der Waals surface area contributed by atoms with E-state index in [4.69, 9.17) is 0 Å². The molecule has 4 heteroatoms. The normalized spacial score (nSPS) is 11.9. The lowest BCUT2D eigenvalue weighted by Crippen LogP contribution is -2.40. The van der Waals surface area contributed by atoms with Gasteiger partial charge in [-0.15, -0.1) is 0 Å². The van der Waals surface area contributed by atoms with Gasteiger partial charge in [-0.05, 0) is 50.3 Å². The molecule has 1 atom stereocenters. The van der Waals surface area contributed by atoms with Crippen molar-refractivity contribution >= 4 is 6.03 Å². The molecule has 0 saturated carbocycles. The molecular weight excluding hydrogens is 243 g/mol. The molecule has 2 amide bonds. The van der Waals surface area contributed by atoms with E-state index in [1.54, 1.807) is 12.1 Å². The third-order valence-electron chi connectivity index (χ3n) is 3.08. The monoisotopic (exact) mass is 266 g/mol. The van der Waals surface area contributed by atoms with Crippen LogP contribution in [-0.2, 0) is 6.42 Å². The van der Waals surface area contributed by atoms with Crippen LogP contribution < -0.4 is 10.6 Å². The van der Waals surface area contributed by atoms with E-state index in [-0.39, 0.29) is 17.9 Å². The SMILES string of the molecule is CCC(C)NC(=O)NCCCCc1ccc(F)cc1. The average molecular weight is 266 g/mol. The molecule has 0 heterocycles. The van der Waals surface area contributed by atoms with Crippen LogP contribution in [-0.4, -0.2) is 18.6 Å². The van der Waals surface area contributed by atoms with Crippen LogP contribution in [0.5, 0.6) is 0 Å². The third kappa shape index (κ3) is 6.79. The van der Waals surface area contributed by atoms with Crippen molar-refractivity contribution in [2.45, 2.75) is 45.6 Å². The van der Waals surface area contributed by atoms with Gasteiger partial charge in [0.1, 0.15) is 5.82 Å². The standard InChI is InChI=1S/C15H23FN2O/c1-3-12(2)18-15(19)17-11-5-4-6-13-7-9-14(16)10-8-13/h7-10,12H,3-6,11H2,1-2H3,(H2,17,18,19). The molecule has 0 fully saturated rings. The van der Waals surface area contributed by atoms with Gasteiger partial charge in [0.2, 0.25) is 0 Å². The number of hydrogen-bond donors (Lipinski definition) is 2. The topological polar surface area (TPSA) is 41.1 Å². The lowest BCUT2D eigenvalue weighted by atomic mass is 10.1. The molecule has 2 N–H and O–H groups in total. The second-order valence-corrected chi connectivity index (χ2v) is 4.79. The van der Waals surface area contributed by atoms with Crippen molar-refractivity contribution in [1.29, 1.82) is 0 Å². The van der Waals surface area contributed by atoms with Crippen molar-refractivity contribution in [2.24, 2.45) is 0 Å². The number of hydrogen-bond acceptors (Lipinski definition) is 1. The van der Waals surface area contributed by atoms with Gasteiger partial charge in [-0.1, -0.05) is 19.1 Å². The Bertz CT molecular complexity index is 378. The van der Waals surface area contributed by atoms with Crippen molar-refractivity contribution in [3.8, 4) is 0 Å². The number of rotatable bonds is 7. The summed E-state index contributed by atoms with van der Waals surface area (Å²) in [6, 6.07) is 6.67. The largest absolute Gasteiger partial charge is 0.338 e. The minimum Gasteiger partial charge on any atom is -0.338 e. The van der Waals surface area contributed by atoms with Crippen LogP contribution in [0.25, 0.3) is 0 Å². The van der Waals surface area contributed by atoms with E-state index in [0.29, 0.717) is 6.54 Å². The molecule has 0 aliphatic rings. The summed E-state index contributed by atoms with van der Waals surface area (Å²) in [6.07, 6.45) is 3.74. The Hall–Kier alpha value is -1.58. The highest BCUT2D eigenvalue weighted by molar-refractivity contribution is 5.74. The number of carbonyl (C=O) groups excluding carboxylic acids is 1. The zero-order valence-corrected chi connectivity index (χ0v) is 11.7. The predicted octanol–water partition coefficient (Wildman–Crippen LogP) is 3.25. The number of aryl methyl sites for hydroxylation is 1. The van der Waals surface area contributed by atoms with E-state index < -0.39 is 0 Å². The molecule has 106 valence electrons. The number of urea groups is 1. The summed E-state index contributed by atoms with van der Waals surface area (Å²) in [4.78, 5) is 11.4. The highest BCUT2D eigenvalue weighted by atomic mass is 19.1. The number of amides is 2. The van der Waals surface area contributed by atoms with Gasteiger partial charge in [-0.2, -0.15) is 0 Å². The van der Waals surface area contributed by atoms with E-state index in [0.717, 1.165) is 31.2 Å². The maximum absolute atomic E-state index is 12.7. The number of carbonyl (C=O) groups is 1. The summed E-state index contributed by atoms with van der Waals surface area (Å²) in [5.41, 5.74) is 1.13. The summed E-state index contributed by atoms with van der Waals surface area (Å²) in [6.45, 7) is 4.69. The highest BCUT2D eigenvalue weighted by Crippen LogP contribution is 2.06. The molecule has 3 nitrogen and oxygen atoms in total. The fourth-order valence-corrected chi connectivity index (χ4v) is 1.68. The lowest BCUT2D eigenvalue weighted by Gasteiger charge is -2.12. The fourth-order valence-electron chi connectivity index (χ4n) is 1.68. The van der Waals surface area contributed by atoms with Crippen LogP contribution in [0.15, 0.2) is 24.3 Å². The Kier molecular flexibility index (Phi) is 6.93. The Morgan fingerprint density at radius 3 is 2.58 bits per heavy atom. The summed E-state index contributed by atoms with van der Waals surface area (Å²) < 4.78 is 12.7. The maximum Gasteiger partial charge on any atom is 0.314 e. The number of benzene rings is 1. The van der Waals surface area contributed by atoms with Gasteiger partial charge in [0.25, 0.3) is 0 Å². The third-order valence-corrected chi connectivity index (χ3v) is 3.08. The van der Waals surface area contributed by atoms with Crippen molar-refractivity contribution in [2.75, 3.05) is 6.54 Å². The molecular formula is C15H23FN2O. The first-order chi connectivity index (χ1) is 9.11. The van der Waals surface area contributed by atoms with Gasteiger partial charge in [-0.25, -0.2) is 9.18 Å². The summed E-state index contributed by atoms with van der Waals surface area (Å²) in [7, 11) is 0. The Morgan fingerprint density at radius 1 is 1.26 bits per heavy atom. The van der Waals surface area contributed by atoms with Crippen LogP contribution in [0.4, 0.5) is 9.18 Å².